The van der Waals surface area contributed by atoms with Crippen molar-refractivity contribution in [3.8, 4) is 11.1 Å². The lowest BCUT2D eigenvalue weighted by atomic mass is 9.96. The van der Waals surface area contributed by atoms with Gasteiger partial charge in [0.25, 0.3) is 5.92 Å². The summed E-state index contributed by atoms with van der Waals surface area (Å²) in [5.41, 5.74) is 2.60. The predicted molar refractivity (Wildman–Crippen MR) is 107 cm³/mol. The molecule has 1 aromatic carbocycles. The van der Waals surface area contributed by atoms with Crippen LogP contribution in [-0.4, -0.2) is 34.6 Å². The van der Waals surface area contributed by atoms with Crippen LogP contribution in [0.3, 0.4) is 0 Å². The Bertz CT molecular complexity index is 1070. The molecule has 0 unspecified atom stereocenters. The van der Waals surface area contributed by atoms with E-state index in [9.17, 15) is 18.4 Å². The fraction of sp³-hybridized carbons (Fsp3) is 0.273. The molecule has 30 heavy (non-hydrogen) atoms. The minimum atomic E-state index is -3.13. The highest BCUT2D eigenvalue weighted by molar-refractivity contribution is 5.79. The number of carbonyl (C=O) groups excluding carboxylic acids is 1. The molecule has 158 valence electrons. The lowest BCUT2D eigenvalue weighted by molar-refractivity contribution is -0.238. The van der Waals surface area contributed by atoms with Gasteiger partial charge in [0.15, 0.2) is 0 Å². The molecule has 3 rings (SSSR count). The zero-order chi connectivity index (χ0) is 22.1. The fourth-order valence-corrected chi connectivity index (χ4v) is 3.59. The zero-order valence-electron chi connectivity index (χ0n) is 16.5. The smallest absolute Gasteiger partial charge is 0.364 e. The van der Waals surface area contributed by atoms with Crippen LogP contribution in [0, 0.1) is 13.8 Å². The second-order valence-corrected chi connectivity index (χ2v) is 7.20. The van der Waals surface area contributed by atoms with E-state index in [1.165, 1.54) is 12.1 Å². The molecule has 2 heterocycles. The Balaban J connectivity index is 1.98. The van der Waals surface area contributed by atoms with Gasteiger partial charge in [-0.25, -0.2) is 18.4 Å². The topological polar surface area (TPSA) is 80.0 Å². The first-order valence-corrected chi connectivity index (χ1v) is 9.20. The van der Waals surface area contributed by atoms with Gasteiger partial charge in [-0.05, 0) is 42.7 Å². The molecule has 8 heteroatoms. The molecule has 1 aliphatic rings. The molecule has 0 radical (unpaired) electrons. The quantitative estimate of drug-likeness (QED) is 0.447. The summed E-state index contributed by atoms with van der Waals surface area (Å²) >= 11 is 0. The summed E-state index contributed by atoms with van der Waals surface area (Å²) < 4.78 is 32.9. The number of aryl methyl sites for hydroxylation is 2. The van der Waals surface area contributed by atoms with Crippen molar-refractivity contribution < 1.29 is 28.1 Å². The summed E-state index contributed by atoms with van der Waals surface area (Å²) in [6, 6.07) is 7.51. The van der Waals surface area contributed by atoms with Crippen LogP contribution in [0.1, 0.15) is 23.3 Å². The van der Waals surface area contributed by atoms with Crippen LogP contribution in [0.4, 0.5) is 8.78 Å². The lowest BCUT2D eigenvalue weighted by Gasteiger charge is -2.23. The van der Waals surface area contributed by atoms with E-state index in [4.69, 9.17) is 9.67 Å². The molecular formula is C22H21F2NO5. The Morgan fingerprint density at radius 3 is 2.70 bits per heavy atom. The van der Waals surface area contributed by atoms with Gasteiger partial charge in [-0.15, -0.1) is 0 Å². The summed E-state index contributed by atoms with van der Waals surface area (Å²) in [7, 11) is 0. The van der Waals surface area contributed by atoms with Gasteiger partial charge in [0, 0.05) is 23.7 Å². The number of hydrogen-bond acceptors (Lipinski definition) is 6. The summed E-state index contributed by atoms with van der Waals surface area (Å²) in [6.07, 6.45) is 2.27. The number of allylic oxidation sites excluding steroid dienone is 1. The lowest BCUT2D eigenvalue weighted by Crippen LogP contribution is -2.35. The van der Waals surface area contributed by atoms with E-state index in [1.807, 2.05) is 31.2 Å². The number of carbonyl (C=O) groups is 1. The summed E-state index contributed by atoms with van der Waals surface area (Å²) in [5.74, 6) is -3.95. The molecular weight excluding hydrogens is 396 g/mol. The molecule has 1 aliphatic heterocycles. The van der Waals surface area contributed by atoms with E-state index >= 15 is 0 Å². The van der Waals surface area contributed by atoms with Crippen LogP contribution in [-0.2, 0) is 9.68 Å². The second-order valence-electron chi connectivity index (χ2n) is 7.20. The number of halogens is 2. The van der Waals surface area contributed by atoms with Crippen molar-refractivity contribution in [3.05, 3.63) is 76.0 Å². The molecule has 1 fully saturated rings. The third kappa shape index (κ3) is 4.33. The Morgan fingerprint density at radius 2 is 2.03 bits per heavy atom. The van der Waals surface area contributed by atoms with Crippen molar-refractivity contribution in [1.82, 2.24) is 4.90 Å². The normalized spacial score (nSPS) is 18.0. The number of alkyl halides is 2. The van der Waals surface area contributed by atoms with E-state index in [0.29, 0.717) is 16.9 Å². The van der Waals surface area contributed by atoms with Gasteiger partial charge >= 0.3 is 11.6 Å². The fourth-order valence-electron chi connectivity index (χ4n) is 3.59. The first-order chi connectivity index (χ1) is 14.1. The highest BCUT2D eigenvalue weighted by Gasteiger charge is 2.49. The molecule has 0 aliphatic carbocycles. The van der Waals surface area contributed by atoms with Crippen LogP contribution >= 0.6 is 0 Å². The standard InChI is InChI=1S/C22H21F2NO5/c1-13-6-4-5-7-16(13)18-10-20(26)29-15(3)17(18)9-8-14(2)25-12-22(23,24)11-19(25)21(27)30-28/h4-10,19,28H,2,11-12H2,1,3H3/b9-8-/t19-/m1/s1. The minimum Gasteiger partial charge on any atom is -0.428 e. The van der Waals surface area contributed by atoms with Crippen molar-refractivity contribution in [2.24, 2.45) is 0 Å². The van der Waals surface area contributed by atoms with Crippen molar-refractivity contribution in [3.63, 3.8) is 0 Å². The summed E-state index contributed by atoms with van der Waals surface area (Å²) in [5, 5.41) is 8.61. The van der Waals surface area contributed by atoms with Crippen molar-refractivity contribution >= 4 is 12.0 Å². The third-order valence-electron chi connectivity index (χ3n) is 5.06. The first kappa shape index (κ1) is 21.4. The molecule has 1 saturated heterocycles. The minimum absolute atomic E-state index is 0.129. The Labute approximate surface area is 171 Å². The van der Waals surface area contributed by atoms with E-state index in [1.54, 1.807) is 13.0 Å². The van der Waals surface area contributed by atoms with Crippen LogP contribution in [0.15, 0.2) is 57.9 Å². The number of rotatable bonds is 5. The van der Waals surface area contributed by atoms with Gasteiger partial charge in [0.05, 0.1) is 6.54 Å². The maximum Gasteiger partial charge on any atom is 0.364 e. The van der Waals surface area contributed by atoms with Gasteiger partial charge < -0.3 is 9.32 Å². The van der Waals surface area contributed by atoms with E-state index in [0.717, 1.165) is 16.0 Å². The van der Waals surface area contributed by atoms with Crippen molar-refractivity contribution in [1.29, 1.82) is 0 Å². The van der Waals surface area contributed by atoms with Gasteiger partial charge in [-0.2, -0.15) is 5.26 Å². The number of benzene rings is 1. The molecule has 0 saturated carbocycles. The molecule has 1 atom stereocenters. The largest absolute Gasteiger partial charge is 0.428 e. The molecule has 2 aromatic rings. The molecule has 0 bridgehead atoms. The van der Waals surface area contributed by atoms with Crippen LogP contribution in [0.25, 0.3) is 17.2 Å². The summed E-state index contributed by atoms with van der Waals surface area (Å²) in [4.78, 5) is 28.4. The number of likely N-dealkylation sites (tertiary alicyclic amines) is 1. The Hall–Kier alpha value is -3.26. The summed E-state index contributed by atoms with van der Waals surface area (Å²) in [6.45, 7) is 6.58. The number of hydrogen-bond donors (Lipinski definition) is 1. The Kier molecular flexibility index (Phi) is 5.89. The molecule has 1 aromatic heterocycles. The molecule has 0 amide bonds. The number of nitrogens with zero attached hydrogens (tertiary/aromatic N) is 1. The van der Waals surface area contributed by atoms with E-state index in [-0.39, 0.29) is 5.70 Å². The monoisotopic (exact) mass is 417 g/mol. The highest BCUT2D eigenvalue weighted by atomic mass is 19.3. The highest BCUT2D eigenvalue weighted by Crippen LogP contribution is 2.35. The van der Waals surface area contributed by atoms with Gasteiger partial charge in [0.1, 0.15) is 11.8 Å². The zero-order valence-corrected chi connectivity index (χ0v) is 16.5. The van der Waals surface area contributed by atoms with Gasteiger partial charge in [-0.1, -0.05) is 30.8 Å². The predicted octanol–water partition coefficient (Wildman–Crippen LogP) is 4.18. The Morgan fingerprint density at radius 1 is 1.33 bits per heavy atom. The van der Waals surface area contributed by atoms with Crippen molar-refractivity contribution in [2.45, 2.75) is 32.2 Å². The van der Waals surface area contributed by atoms with Gasteiger partial charge in [-0.3, -0.25) is 4.89 Å². The van der Waals surface area contributed by atoms with Gasteiger partial charge in [0.2, 0.25) is 0 Å². The maximum atomic E-state index is 13.9. The first-order valence-electron chi connectivity index (χ1n) is 9.20. The van der Waals surface area contributed by atoms with Crippen LogP contribution in [0.2, 0.25) is 0 Å². The molecule has 0 spiro atoms. The SMILES string of the molecule is C=C(/C=C\c1c(-c2ccccc2C)cc(=O)oc1C)N1CC(F)(F)C[C@@H]1C(=O)OO. The maximum absolute atomic E-state index is 13.9. The van der Waals surface area contributed by atoms with E-state index < -0.39 is 36.5 Å². The van der Waals surface area contributed by atoms with E-state index in [2.05, 4.69) is 11.5 Å². The third-order valence-corrected chi connectivity index (χ3v) is 5.06. The van der Waals surface area contributed by atoms with Crippen LogP contribution < -0.4 is 5.63 Å². The molecule has 1 N–H and O–H groups in total. The van der Waals surface area contributed by atoms with Crippen LogP contribution in [0.5, 0.6) is 0 Å². The average Bonchev–Trinajstić information content (AvgIpc) is 3.02. The average molecular weight is 417 g/mol. The van der Waals surface area contributed by atoms with Crippen molar-refractivity contribution in [2.75, 3.05) is 6.54 Å². The second kappa shape index (κ2) is 8.23. The molecule has 6 nitrogen and oxygen atoms in total.